The van der Waals surface area contributed by atoms with Crippen molar-refractivity contribution < 1.29 is 0 Å². The number of aryl methyl sites for hydroxylation is 1. The molecule has 1 aromatic rings. The van der Waals surface area contributed by atoms with Crippen molar-refractivity contribution in [3.05, 3.63) is 11.1 Å². The lowest BCUT2D eigenvalue weighted by atomic mass is 10.2. The molecule has 3 nitrogen and oxygen atoms in total. The quantitative estimate of drug-likeness (QED) is 0.824. The van der Waals surface area contributed by atoms with Gasteiger partial charge in [0, 0.05) is 30.7 Å². The molecule has 1 aliphatic heterocycles. The molecule has 78 valence electrons. The van der Waals surface area contributed by atoms with Crippen molar-refractivity contribution in [2.45, 2.75) is 25.8 Å². The Balaban J connectivity index is 1.91. The maximum atomic E-state index is 4.37. The number of nitrogens with one attached hydrogen (secondary N) is 1. The number of anilines is 1. The third-order valence-electron chi connectivity index (χ3n) is 2.59. The van der Waals surface area contributed by atoms with E-state index in [2.05, 4.69) is 29.2 Å². The van der Waals surface area contributed by atoms with Gasteiger partial charge in [0.15, 0.2) is 5.13 Å². The molecule has 1 unspecified atom stereocenters. The van der Waals surface area contributed by atoms with Gasteiger partial charge in [-0.25, -0.2) is 4.98 Å². The first kappa shape index (κ1) is 9.93. The Bertz CT molecular complexity index is 291. The van der Waals surface area contributed by atoms with Crippen LogP contribution in [0.4, 0.5) is 5.13 Å². The summed E-state index contributed by atoms with van der Waals surface area (Å²) in [4.78, 5) is 7.91. The van der Waals surface area contributed by atoms with Crippen LogP contribution in [0.5, 0.6) is 0 Å². The predicted octanol–water partition coefficient (Wildman–Crippen LogP) is 1.64. The summed E-state index contributed by atoms with van der Waals surface area (Å²) in [5.74, 6) is 0. The molecule has 0 aromatic carbocycles. The summed E-state index contributed by atoms with van der Waals surface area (Å²) < 4.78 is 0. The lowest BCUT2D eigenvalue weighted by Crippen LogP contribution is -2.35. The average Bonchev–Trinajstić information content (AvgIpc) is 2.75. The van der Waals surface area contributed by atoms with Gasteiger partial charge in [-0.2, -0.15) is 0 Å². The van der Waals surface area contributed by atoms with Crippen LogP contribution in [0.2, 0.25) is 0 Å². The molecular formula is C10H17N3S. The molecule has 14 heavy (non-hydrogen) atoms. The van der Waals surface area contributed by atoms with Crippen LogP contribution in [0.1, 0.15) is 17.7 Å². The van der Waals surface area contributed by atoms with Crippen molar-refractivity contribution in [3.8, 4) is 0 Å². The highest BCUT2D eigenvalue weighted by Gasteiger charge is 2.17. The Hall–Kier alpha value is -0.610. The summed E-state index contributed by atoms with van der Waals surface area (Å²) in [6, 6.07) is 0.657. The van der Waals surface area contributed by atoms with Crippen LogP contribution in [-0.2, 0) is 0 Å². The van der Waals surface area contributed by atoms with Crippen molar-refractivity contribution in [1.82, 2.24) is 10.3 Å². The Morgan fingerprint density at radius 2 is 2.57 bits per heavy atom. The molecule has 0 radical (unpaired) electrons. The van der Waals surface area contributed by atoms with E-state index in [0.717, 1.165) is 11.7 Å². The number of rotatable bonds is 3. The summed E-state index contributed by atoms with van der Waals surface area (Å²) >= 11 is 1.77. The highest BCUT2D eigenvalue weighted by molar-refractivity contribution is 7.15. The van der Waals surface area contributed by atoms with E-state index in [9.17, 15) is 0 Å². The fourth-order valence-corrected chi connectivity index (χ4v) is 2.57. The number of nitrogens with zero attached hydrogens (tertiary/aromatic N) is 2. The number of likely N-dealkylation sites (N-methyl/N-ethyl adjacent to an activating group) is 1. The van der Waals surface area contributed by atoms with E-state index in [-0.39, 0.29) is 0 Å². The molecule has 0 spiro atoms. The smallest absolute Gasteiger partial charge is 0.185 e. The molecule has 1 aromatic heterocycles. The van der Waals surface area contributed by atoms with Crippen LogP contribution in [0, 0.1) is 6.92 Å². The maximum Gasteiger partial charge on any atom is 0.185 e. The molecule has 1 aliphatic rings. The van der Waals surface area contributed by atoms with Crippen molar-refractivity contribution in [3.63, 3.8) is 0 Å². The van der Waals surface area contributed by atoms with Crippen molar-refractivity contribution in [1.29, 1.82) is 0 Å². The van der Waals surface area contributed by atoms with Crippen LogP contribution < -0.4 is 10.2 Å². The largest absolute Gasteiger partial charge is 0.350 e. The monoisotopic (exact) mass is 211 g/mol. The van der Waals surface area contributed by atoms with Gasteiger partial charge < -0.3 is 10.2 Å². The van der Waals surface area contributed by atoms with E-state index in [0.29, 0.717) is 6.04 Å². The highest BCUT2D eigenvalue weighted by atomic mass is 32.1. The van der Waals surface area contributed by atoms with Gasteiger partial charge in [0.1, 0.15) is 0 Å². The van der Waals surface area contributed by atoms with Gasteiger partial charge in [-0.3, -0.25) is 0 Å². The normalized spacial score (nSPS) is 21.4. The van der Waals surface area contributed by atoms with Gasteiger partial charge in [0.2, 0.25) is 0 Å². The van der Waals surface area contributed by atoms with E-state index in [1.54, 1.807) is 11.3 Å². The molecule has 1 fully saturated rings. The van der Waals surface area contributed by atoms with Crippen LogP contribution in [0.3, 0.4) is 0 Å². The van der Waals surface area contributed by atoms with Gasteiger partial charge >= 0.3 is 0 Å². The predicted molar refractivity (Wildman–Crippen MR) is 61.1 cm³/mol. The molecule has 0 saturated carbocycles. The van der Waals surface area contributed by atoms with E-state index in [1.165, 1.54) is 24.3 Å². The van der Waals surface area contributed by atoms with Crippen molar-refractivity contribution in [2.24, 2.45) is 0 Å². The zero-order valence-electron chi connectivity index (χ0n) is 8.79. The minimum atomic E-state index is 0.657. The SMILES string of the molecule is Cc1cnc(N(C)CC2CCCN2)s1. The van der Waals surface area contributed by atoms with E-state index in [4.69, 9.17) is 0 Å². The molecule has 1 N–H and O–H groups in total. The van der Waals surface area contributed by atoms with Crippen LogP contribution in [0.15, 0.2) is 6.20 Å². The molecule has 4 heteroatoms. The minimum absolute atomic E-state index is 0.657. The Morgan fingerprint density at radius 3 is 3.14 bits per heavy atom. The first-order valence-corrected chi connectivity index (χ1v) is 5.94. The third-order valence-corrected chi connectivity index (χ3v) is 3.62. The summed E-state index contributed by atoms with van der Waals surface area (Å²) in [5.41, 5.74) is 0. The van der Waals surface area contributed by atoms with Gasteiger partial charge in [0.05, 0.1) is 0 Å². The first-order chi connectivity index (χ1) is 6.75. The first-order valence-electron chi connectivity index (χ1n) is 5.12. The average molecular weight is 211 g/mol. The number of thiazole rings is 1. The number of aromatic nitrogens is 1. The van der Waals surface area contributed by atoms with Crippen LogP contribution >= 0.6 is 11.3 Å². The molecular weight excluding hydrogens is 194 g/mol. The number of hydrogen-bond acceptors (Lipinski definition) is 4. The summed E-state index contributed by atoms with van der Waals surface area (Å²) in [6.45, 7) is 4.35. The lowest BCUT2D eigenvalue weighted by Gasteiger charge is -2.20. The number of hydrogen-bond donors (Lipinski definition) is 1. The molecule has 2 rings (SSSR count). The highest BCUT2D eigenvalue weighted by Crippen LogP contribution is 2.21. The van der Waals surface area contributed by atoms with Crippen molar-refractivity contribution in [2.75, 3.05) is 25.0 Å². The Labute approximate surface area is 89.1 Å². The van der Waals surface area contributed by atoms with Gasteiger partial charge in [-0.15, -0.1) is 11.3 Å². The lowest BCUT2D eigenvalue weighted by molar-refractivity contribution is 0.599. The molecule has 0 aliphatic carbocycles. The zero-order valence-corrected chi connectivity index (χ0v) is 9.60. The fourth-order valence-electron chi connectivity index (χ4n) is 1.84. The minimum Gasteiger partial charge on any atom is -0.350 e. The maximum absolute atomic E-state index is 4.37. The summed E-state index contributed by atoms with van der Waals surface area (Å²) in [5, 5.41) is 4.63. The standard InChI is InChI=1S/C10H17N3S/c1-8-6-12-10(14-8)13(2)7-9-4-3-5-11-9/h6,9,11H,3-5,7H2,1-2H3. The summed E-state index contributed by atoms with van der Waals surface area (Å²) in [6.07, 6.45) is 4.56. The van der Waals surface area contributed by atoms with Gasteiger partial charge in [-0.05, 0) is 26.3 Å². The molecule has 1 atom stereocenters. The van der Waals surface area contributed by atoms with Crippen LogP contribution in [-0.4, -0.2) is 31.2 Å². The van der Waals surface area contributed by atoms with Gasteiger partial charge in [0.25, 0.3) is 0 Å². The fraction of sp³-hybridized carbons (Fsp3) is 0.700. The second-order valence-electron chi connectivity index (χ2n) is 3.93. The summed E-state index contributed by atoms with van der Waals surface area (Å²) in [7, 11) is 2.12. The van der Waals surface area contributed by atoms with E-state index < -0.39 is 0 Å². The van der Waals surface area contributed by atoms with Crippen LogP contribution in [0.25, 0.3) is 0 Å². The second kappa shape index (κ2) is 4.28. The van der Waals surface area contributed by atoms with Gasteiger partial charge in [-0.1, -0.05) is 0 Å². The topological polar surface area (TPSA) is 28.2 Å². The zero-order chi connectivity index (χ0) is 9.97. The molecule has 0 amide bonds. The second-order valence-corrected chi connectivity index (χ2v) is 5.14. The van der Waals surface area contributed by atoms with E-state index >= 15 is 0 Å². The van der Waals surface area contributed by atoms with E-state index in [1.807, 2.05) is 6.20 Å². The molecule has 2 heterocycles. The Morgan fingerprint density at radius 1 is 1.71 bits per heavy atom. The molecule has 1 saturated heterocycles. The third kappa shape index (κ3) is 2.25. The Kier molecular flexibility index (Phi) is 3.03. The van der Waals surface area contributed by atoms with Crippen molar-refractivity contribution >= 4 is 16.5 Å². The molecule has 0 bridgehead atoms.